The van der Waals surface area contributed by atoms with Crippen LogP contribution in [0.1, 0.15) is 36.9 Å². The number of ether oxygens (including phenoxy) is 1. The van der Waals surface area contributed by atoms with Crippen molar-refractivity contribution in [2.45, 2.75) is 32.8 Å². The summed E-state index contributed by atoms with van der Waals surface area (Å²) >= 11 is 4.45. The molecule has 6 heteroatoms. The molecule has 98 valence electrons. The number of esters is 1. The van der Waals surface area contributed by atoms with Crippen LogP contribution in [0.5, 0.6) is 0 Å². The van der Waals surface area contributed by atoms with Crippen molar-refractivity contribution in [3.05, 3.63) is 20.8 Å². The summed E-state index contributed by atoms with van der Waals surface area (Å²) in [6, 6.07) is 3.33. The SMILES string of the molecule is CC(C)(C)OC(=O)C(=O)CC(=O)c1ccc(Br)s1. The number of thiophene rings is 1. The molecule has 0 amide bonds. The highest BCUT2D eigenvalue weighted by Gasteiger charge is 2.25. The van der Waals surface area contributed by atoms with Gasteiger partial charge in [-0.25, -0.2) is 4.79 Å². The van der Waals surface area contributed by atoms with E-state index in [1.54, 1.807) is 32.9 Å². The monoisotopic (exact) mass is 332 g/mol. The van der Waals surface area contributed by atoms with Crippen LogP contribution in [0.4, 0.5) is 0 Å². The van der Waals surface area contributed by atoms with E-state index >= 15 is 0 Å². The lowest BCUT2D eigenvalue weighted by Crippen LogP contribution is -2.29. The van der Waals surface area contributed by atoms with Gasteiger partial charge in [0.05, 0.1) is 15.1 Å². The first-order valence-corrected chi connectivity index (χ1v) is 6.85. The first-order valence-electron chi connectivity index (χ1n) is 5.24. The number of hydrogen-bond acceptors (Lipinski definition) is 5. The van der Waals surface area contributed by atoms with Gasteiger partial charge in [-0.15, -0.1) is 11.3 Å². The molecule has 4 nitrogen and oxygen atoms in total. The van der Waals surface area contributed by atoms with Crippen molar-refractivity contribution in [3.63, 3.8) is 0 Å². The van der Waals surface area contributed by atoms with Crippen molar-refractivity contribution in [2.24, 2.45) is 0 Å². The molecule has 0 aliphatic carbocycles. The van der Waals surface area contributed by atoms with Gasteiger partial charge in [0.25, 0.3) is 0 Å². The van der Waals surface area contributed by atoms with E-state index < -0.39 is 23.8 Å². The van der Waals surface area contributed by atoms with Gasteiger partial charge in [0.1, 0.15) is 5.60 Å². The minimum atomic E-state index is -0.966. The molecule has 1 aromatic heterocycles. The number of halogens is 1. The Morgan fingerprint density at radius 3 is 2.33 bits per heavy atom. The van der Waals surface area contributed by atoms with Gasteiger partial charge in [0.15, 0.2) is 5.78 Å². The number of carbonyl (C=O) groups is 3. The van der Waals surface area contributed by atoms with Crippen LogP contribution in [-0.4, -0.2) is 23.1 Å². The standard InChI is InChI=1S/C12H13BrO4S/c1-12(2,3)17-11(16)8(15)6-7(14)9-4-5-10(13)18-9/h4-5H,6H2,1-3H3. The first-order chi connectivity index (χ1) is 8.19. The molecule has 1 aromatic rings. The lowest BCUT2D eigenvalue weighted by atomic mass is 10.1. The molecule has 0 bridgehead atoms. The third kappa shape index (κ3) is 4.70. The summed E-state index contributed by atoms with van der Waals surface area (Å²) in [4.78, 5) is 35.1. The second kappa shape index (κ2) is 5.75. The van der Waals surface area contributed by atoms with Gasteiger partial charge in [-0.2, -0.15) is 0 Å². The minimum absolute atomic E-state index is 0.374. The second-order valence-electron chi connectivity index (χ2n) is 4.63. The van der Waals surface area contributed by atoms with Crippen LogP contribution in [0, 0.1) is 0 Å². The smallest absolute Gasteiger partial charge is 0.375 e. The average molecular weight is 333 g/mol. The Hall–Kier alpha value is -1.01. The Kier molecular flexibility index (Phi) is 4.81. The van der Waals surface area contributed by atoms with Crippen molar-refractivity contribution in [1.29, 1.82) is 0 Å². The molecule has 0 fully saturated rings. The van der Waals surface area contributed by atoms with Gasteiger partial charge in [-0.3, -0.25) is 9.59 Å². The summed E-state index contributed by atoms with van der Waals surface area (Å²) in [5.74, 6) is -2.16. The fraction of sp³-hybridized carbons (Fsp3) is 0.417. The lowest BCUT2D eigenvalue weighted by molar-refractivity contribution is -0.162. The highest BCUT2D eigenvalue weighted by Crippen LogP contribution is 2.23. The minimum Gasteiger partial charge on any atom is -0.454 e. The van der Waals surface area contributed by atoms with E-state index in [0.717, 1.165) is 3.79 Å². The molecule has 0 atom stereocenters. The van der Waals surface area contributed by atoms with Gasteiger partial charge in [-0.05, 0) is 48.8 Å². The van der Waals surface area contributed by atoms with Crippen molar-refractivity contribution in [3.8, 4) is 0 Å². The number of rotatable bonds is 4. The summed E-state index contributed by atoms with van der Waals surface area (Å²) in [5.41, 5.74) is -0.734. The maximum Gasteiger partial charge on any atom is 0.375 e. The third-order valence-corrected chi connectivity index (χ3v) is 3.46. The summed E-state index contributed by atoms with van der Waals surface area (Å²) in [6.07, 6.45) is -0.456. The number of hydrogen-bond donors (Lipinski definition) is 0. The first kappa shape index (κ1) is 15.0. The molecule has 0 unspecified atom stereocenters. The van der Waals surface area contributed by atoms with Crippen LogP contribution in [0.15, 0.2) is 15.9 Å². The van der Waals surface area contributed by atoms with Crippen LogP contribution in [0.25, 0.3) is 0 Å². The Morgan fingerprint density at radius 2 is 1.89 bits per heavy atom. The number of carbonyl (C=O) groups excluding carboxylic acids is 3. The third-order valence-electron chi connectivity index (χ3n) is 1.80. The molecule has 0 aliphatic heterocycles. The molecule has 0 saturated carbocycles. The van der Waals surface area contributed by atoms with Crippen LogP contribution in [0.2, 0.25) is 0 Å². The number of ketones is 2. The molecule has 0 radical (unpaired) electrons. The maximum absolute atomic E-state index is 11.7. The number of Topliss-reactive ketones (excluding diaryl/α,β-unsaturated/α-hetero) is 2. The van der Waals surface area contributed by atoms with Gasteiger partial charge < -0.3 is 4.74 Å². The molecule has 0 N–H and O–H groups in total. The van der Waals surface area contributed by atoms with Gasteiger partial charge in [0.2, 0.25) is 5.78 Å². The van der Waals surface area contributed by atoms with E-state index in [4.69, 9.17) is 4.74 Å². The van der Waals surface area contributed by atoms with Crippen molar-refractivity contribution < 1.29 is 19.1 Å². The quantitative estimate of drug-likeness (QED) is 0.368. The van der Waals surface area contributed by atoms with E-state index in [2.05, 4.69) is 15.9 Å². The van der Waals surface area contributed by atoms with Crippen molar-refractivity contribution in [2.75, 3.05) is 0 Å². The zero-order valence-corrected chi connectivity index (χ0v) is 12.7. The van der Waals surface area contributed by atoms with E-state index in [1.807, 2.05) is 0 Å². The van der Waals surface area contributed by atoms with E-state index in [0.29, 0.717) is 4.88 Å². The van der Waals surface area contributed by atoms with E-state index in [1.165, 1.54) is 11.3 Å². The van der Waals surface area contributed by atoms with Crippen LogP contribution in [0.3, 0.4) is 0 Å². The predicted molar refractivity (Wildman–Crippen MR) is 71.8 cm³/mol. The van der Waals surface area contributed by atoms with Crippen LogP contribution >= 0.6 is 27.3 Å². The Labute approximate surface area is 117 Å². The summed E-state index contributed by atoms with van der Waals surface area (Å²) in [6.45, 7) is 4.99. The molecule has 0 saturated heterocycles. The van der Waals surface area contributed by atoms with Crippen molar-refractivity contribution >= 4 is 44.8 Å². The largest absolute Gasteiger partial charge is 0.454 e. The molecule has 0 aliphatic rings. The van der Waals surface area contributed by atoms with Crippen molar-refractivity contribution in [1.82, 2.24) is 0 Å². The lowest BCUT2D eigenvalue weighted by Gasteiger charge is -2.18. The molecule has 0 spiro atoms. The fourth-order valence-electron chi connectivity index (χ4n) is 1.10. The highest BCUT2D eigenvalue weighted by molar-refractivity contribution is 9.11. The molecular formula is C12H13BrO4S. The maximum atomic E-state index is 11.7. The molecule has 0 aromatic carbocycles. The topological polar surface area (TPSA) is 60.4 Å². The molecule has 1 rings (SSSR count). The van der Waals surface area contributed by atoms with E-state index in [-0.39, 0.29) is 5.78 Å². The zero-order chi connectivity index (χ0) is 13.9. The Morgan fingerprint density at radius 1 is 1.28 bits per heavy atom. The van der Waals surface area contributed by atoms with Gasteiger partial charge in [0, 0.05) is 0 Å². The van der Waals surface area contributed by atoms with Crippen LogP contribution in [-0.2, 0) is 14.3 Å². The molecule has 18 heavy (non-hydrogen) atoms. The fourth-order valence-corrected chi connectivity index (χ4v) is 2.43. The summed E-state index contributed by atoms with van der Waals surface area (Å²) in [5, 5.41) is 0. The summed E-state index contributed by atoms with van der Waals surface area (Å²) in [7, 11) is 0. The van der Waals surface area contributed by atoms with E-state index in [9.17, 15) is 14.4 Å². The predicted octanol–water partition coefficient (Wildman–Crippen LogP) is 2.99. The Bertz CT molecular complexity index is 485. The highest BCUT2D eigenvalue weighted by atomic mass is 79.9. The zero-order valence-electron chi connectivity index (χ0n) is 10.3. The average Bonchev–Trinajstić information content (AvgIpc) is 2.62. The normalized spacial score (nSPS) is 11.1. The summed E-state index contributed by atoms with van der Waals surface area (Å²) < 4.78 is 5.70. The van der Waals surface area contributed by atoms with Gasteiger partial charge in [-0.1, -0.05) is 0 Å². The van der Waals surface area contributed by atoms with Gasteiger partial charge >= 0.3 is 5.97 Å². The second-order valence-corrected chi connectivity index (χ2v) is 7.09. The van der Waals surface area contributed by atoms with Crippen LogP contribution < -0.4 is 0 Å². The molecular weight excluding hydrogens is 320 g/mol. The molecule has 1 heterocycles. The Balaban J connectivity index is 2.60.